The largest absolute Gasteiger partial charge is 0.496 e. The van der Waals surface area contributed by atoms with Gasteiger partial charge < -0.3 is 15.0 Å². The number of hydrogen-bond acceptors (Lipinski definition) is 4. The Morgan fingerprint density at radius 3 is 2.43 bits per heavy atom. The minimum Gasteiger partial charge on any atom is -0.496 e. The third-order valence-corrected chi connectivity index (χ3v) is 5.94. The fourth-order valence-electron chi connectivity index (χ4n) is 3.47. The summed E-state index contributed by atoms with van der Waals surface area (Å²) in [6.45, 7) is 1.71. The van der Waals surface area contributed by atoms with Crippen molar-refractivity contribution in [2.75, 3.05) is 20.7 Å². The van der Waals surface area contributed by atoms with Gasteiger partial charge in [0.1, 0.15) is 17.8 Å². The number of imide groups is 1. The van der Waals surface area contributed by atoms with Crippen molar-refractivity contribution in [3.8, 4) is 5.75 Å². The van der Waals surface area contributed by atoms with E-state index >= 15 is 0 Å². The van der Waals surface area contributed by atoms with E-state index in [0.717, 1.165) is 20.5 Å². The van der Waals surface area contributed by atoms with E-state index in [0.29, 0.717) is 12.3 Å². The van der Waals surface area contributed by atoms with Crippen molar-refractivity contribution in [2.45, 2.75) is 25.4 Å². The molecule has 2 aromatic rings. The van der Waals surface area contributed by atoms with Gasteiger partial charge in [0.05, 0.1) is 7.11 Å². The first-order valence-corrected chi connectivity index (χ1v) is 10.3. The van der Waals surface area contributed by atoms with Crippen LogP contribution in [0.5, 0.6) is 5.75 Å². The van der Waals surface area contributed by atoms with E-state index < -0.39 is 17.5 Å². The second-order valence-corrected chi connectivity index (χ2v) is 8.34. The molecule has 8 heteroatoms. The molecule has 3 rings (SSSR count). The topological polar surface area (TPSA) is 79.0 Å². The molecule has 1 fully saturated rings. The number of nitrogens with one attached hydrogen (secondary N) is 1. The molecule has 1 aliphatic rings. The lowest BCUT2D eigenvalue weighted by atomic mass is 9.92. The van der Waals surface area contributed by atoms with E-state index in [2.05, 4.69) is 21.2 Å². The van der Waals surface area contributed by atoms with Gasteiger partial charge in [0.2, 0.25) is 5.91 Å². The molecule has 2 aromatic carbocycles. The molecule has 1 atom stereocenters. The van der Waals surface area contributed by atoms with E-state index in [4.69, 9.17) is 4.74 Å². The van der Waals surface area contributed by atoms with Gasteiger partial charge in [-0.25, -0.2) is 4.79 Å². The fourth-order valence-corrected chi connectivity index (χ4v) is 3.88. The Labute approximate surface area is 184 Å². The first-order valence-electron chi connectivity index (χ1n) is 9.48. The minimum atomic E-state index is -1.15. The number of methoxy groups -OCH3 is 1. The van der Waals surface area contributed by atoms with Gasteiger partial charge in [-0.3, -0.25) is 14.5 Å². The van der Waals surface area contributed by atoms with Crippen molar-refractivity contribution in [3.63, 3.8) is 0 Å². The Balaban J connectivity index is 1.69. The highest BCUT2D eigenvalue weighted by Crippen LogP contribution is 2.27. The first kappa shape index (κ1) is 21.8. The number of benzene rings is 2. The summed E-state index contributed by atoms with van der Waals surface area (Å²) in [4.78, 5) is 40.7. The van der Waals surface area contributed by atoms with Gasteiger partial charge in [-0.15, -0.1) is 0 Å². The fraction of sp³-hybridized carbons (Fsp3) is 0.318. The van der Waals surface area contributed by atoms with E-state index in [1.54, 1.807) is 27.1 Å². The van der Waals surface area contributed by atoms with Crippen LogP contribution >= 0.6 is 15.9 Å². The molecule has 0 spiro atoms. The van der Waals surface area contributed by atoms with Gasteiger partial charge in [-0.2, -0.15) is 0 Å². The van der Waals surface area contributed by atoms with Crippen LogP contribution in [0, 0.1) is 0 Å². The molecule has 0 aromatic heterocycles. The average molecular weight is 474 g/mol. The normalized spacial score (nSPS) is 18.3. The van der Waals surface area contributed by atoms with Crippen LogP contribution < -0.4 is 10.1 Å². The van der Waals surface area contributed by atoms with Crippen molar-refractivity contribution in [1.29, 1.82) is 0 Å². The van der Waals surface area contributed by atoms with Crippen LogP contribution in [-0.2, 0) is 22.6 Å². The quantitative estimate of drug-likeness (QED) is 0.626. The third kappa shape index (κ3) is 4.48. The highest BCUT2D eigenvalue weighted by molar-refractivity contribution is 9.10. The molecule has 1 unspecified atom stereocenters. The van der Waals surface area contributed by atoms with E-state index in [9.17, 15) is 14.4 Å². The Hall–Kier alpha value is -2.87. The Morgan fingerprint density at radius 2 is 1.77 bits per heavy atom. The molecule has 158 valence electrons. The van der Waals surface area contributed by atoms with Crippen molar-refractivity contribution in [2.24, 2.45) is 0 Å². The molecule has 1 N–H and O–H groups in total. The molecule has 0 aliphatic carbocycles. The number of carbonyl (C=O) groups is 3. The van der Waals surface area contributed by atoms with Gasteiger partial charge in [-0.1, -0.05) is 52.3 Å². The van der Waals surface area contributed by atoms with E-state index in [1.807, 2.05) is 42.5 Å². The van der Waals surface area contributed by atoms with Gasteiger partial charge in [0, 0.05) is 24.5 Å². The molecule has 4 amide bonds. The first-order chi connectivity index (χ1) is 14.2. The van der Waals surface area contributed by atoms with Gasteiger partial charge in [-0.05, 0) is 30.2 Å². The Bertz CT molecular complexity index is 980. The van der Waals surface area contributed by atoms with E-state index in [-0.39, 0.29) is 18.9 Å². The number of hydrogen-bond donors (Lipinski definition) is 1. The van der Waals surface area contributed by atoms with E-state index in [1.165, 1.54) is 4.90 Å². The van der Waals surface area contributed by atoms with Gasteiger partial charge >= 0.3 is 6.03 Å². The summed E-state index contributed by atoms with van der Waals surface area (Å²) in [5.74, 6) is -0.111. The maximum Gasteiger partial charge on any atom is 0.325 e. The van der Waals surface area contributed by atoms with Crippen LogP contribution in [0.2, 0.25) is 0 Å². The number of carbonyl (C=O) groups excluding carboxylic acids is 3. The summed E-state index contributed by atoms with van der Waals surface area (Å²) in [7, 11) is 3.20. The Kier molecular flexibility index (Phi) is 6.45. The number of para-hydroxylation sites is 1. The Morgan fingerprint density at radius 1 is 1.13 bits per heavy atom. The highest BCUT2D eigenvalue weighted by Gasteiger charge is 2.48. The molecule has 1 heterocycles. The van der Waals surface area contributed by atoms with Crippen LogP contribution in [0.1, 0.15) is 18.1 Å². The zero-order valence-corrected chi connectivity index (χ0v) is 18.7. The number of nitrogens with zero attached hydrogens (tertiary/aromatic N) is 2. The lowest BCUT2D eigenvalue weighted by molar-refractivity contribution is -0.138. The zero-order chi connectivity index (χ0) is 21.9. The molecule has 1 aliphatic heterocycles. The van der Waals surface area contributed by atoms with Crippen LogP contribution in [0.15, 0.2) is 53.0 Å². The number of amides is 4. The maximum absolute atomic E-state index is 13.0. The summed E-state index contributed by atoms with van der Waals surface area (Å²) in [5.41, 5.74) is 0.592. The molecule has 0 radical (unpaired) electrons. The van der Waals surface area contributed by atoms with Crippen LogP contribution in [0.25, 0.3) is 0 Å². The maximum atomic E-state index is 13.0. The highest BCUT2D eigenvalue weighted by atomic mass is 79.9. The van der Waals surface area contributed by atoms with Gasteiger partial charge in [0.15, 0.2) is 0 Å². The summed E-state index contributed by atoms with van der Waals surface area (Å²) in [6.07, 6.45) is 0.263. The summed E-state index contributed by atoms with van der Waals surface area (Å²) in [5, 5.41) is 2.74. The monoisotopic (exact) mass is 473 g/mol. The lowest BCUT2D eigenvalue weighted by Crippen LogP contribution is -2.47. The second kappa shape index (κ2) is 8.87. The molecule has 30 heavy (non-hydrogen) atoms. The van der Waals surface area contributed by atoms with Crippen molar-refractivity contribution < 1.29 is 19.1 Å². The molecule has 0 bridgehead atoms. The average Bonchev–Trinajstić information content (AvgIpc) is 2.92. The summed E-state index contributed by atoms with van der Waals surface area (Å²) < 4.78 is 6.24. The molecule has 1 saturated heterocycles. The summed E-state index contributed by atoms with van der Waals surface area (Å²) >= 11 is 3.46. The van der Waals surface area contributed by atoms with Gasteiger partial charge in [0.25, 0.3) is 5.91 Å². The lowest BCUT2D eigenvalue weighted by Gasteiger charge is -2.24. The smallest absolute Gasteiger partial charge is 0.325 e. The van der Waals surface area contributed by atoms with Crippen molar-refractivity contribution in [1.82, 2.24) is 15.1 Å². The second-order valence-electron chi connectivity index (χ2n) is 7.48. The number of ether oxygens (including phenoxy) is 1. The third-order valence-electron chi connectivity index (χ3n) is 5.17. The van der Waals surface area contributed by atoms with Crippen molar-refractivity contribution in [3.05, 3.63) is 64.1 Å². The predicted octanol–water partition coefficient (Wildman–Crippen LogP) is 2.97. The molecule has 0 saturated carbocycles. The number of likely N-dealkylation sites (N-methyl/N-ethyl adjacent to an activating group) is 1. The van der Waals surface area contributed by atoms with Crippen LogP contribution in [0.4, 0.5) is 4.79 Å². The number of rotatable bonds is 7. The molecular formula is C22H24BrN3O4. The number of halogens is 1. The van der Waals surface area contributed by atoms with Crippen LogP contribution in [0.3, 0.4) is 0 Å². The number of urea groups is 1. The predicted molar refractivity (Wildman–Crippen MR) is 116 cm³/mol. The minimum absolute atomic E-state index is 0.263. The molecule has 7 nitrogen and oxygen atoms in total. The molecular weight excluding hydrogens is 450 g/mol. The SMILES string of the molecule is COc1ccccc1CC1(C)NC(=O)N(CC(=O)N(C)Cc2ccccc2Br)C1=O. The van der Waals surface area contributed by atoms with Crippen molar-refractivity contribution >= 4 is 33.8 Å². The zero-order valence-electron chi connectivity index (χ0n) is 17.1. The summed E-state index contributed by atoms with van der Waals surface area (Å²) in [6, 6.07) is 14.4. The standard InChI is InChI=1S/C22H24BrN3O4/c1-22(12-15-8-5-7-11-18(15)30-3)20(28)26(21(29)24-22)14-19(27)25(2)13-16-9-4-6-10-17(16)23/h4-11H,12-14H2,1-3H3,(H,24,29). The van der Waals surface area contributed by atoms with Crippen LogP contribution in [-0.4, -0.2) is 53.9 Å².